The van der Waals surface area contributed by atoms with E-state index in [-0.39, 0.29) is 35.1 Å². The lowest BCUT2D eigenvalue weighted by atomic mass is 10.1. The van der Waals surface area contributed by atoms with E-state index in [1.54, 1.807) is 47.4 Å². The molecule has 2 fully saturated rings. The summed E-state index contributed by atoms with van der Waals surface area (Å²) in [6.45, 7) is 0. The first-order valence-electron chi connectivity index (χ1n) is 8.70. The molecule has 5 nitrogen and oxygen atoms in total. The Bertz CT molecular complexity index is 1100. The highest BCUT2D eigenvalue weighted by molar-refractivity contribution is 8.16. The molecular weight excluding hydrogens is 475 g/mol. The summed E-state index contributed by atoms with van der Waals surface area (Å²) in [4.78, 5) is 18.6. The minimum atomic E-state index is -3.16. The van der Waals surface area contributed by atoms with Gasteiger partial charge >= 0.3 is 0 Å². The second-order valence-electron chi connectivity index (χ2n) is 6.83. The van der Waals surface area contributed by atoms with Crippen molar-refractivity contribution in [2.45, 2.75) is 17.7 Å². The van der Waals surface area contributed by atoms with Crippen LogP contribution in [0.2, 0.25) is 15.1 Å². The fourth-order valence-electron chi connectivity index (χ4n) is 3.45. The zero-order valence-electron chi connectivity index (χ0n) is 14.9. The molecule has 2 aliphatic rings. The fourth-order valence-corrected chi connectivity index (χ4v) is 7.88. The van der Waals surface area contributed by atoms with Gasteiger partial charge in [-0.25, -0.2) is 8.42 Å². The Kier molecular flexibility index (Phi) is 5.88. The van der Waals surface area contributed by atoms with Crippen LogP contribution in [0.1, 0.15) is 5.56 Å². The van der Waals surface area contributed by atoms with Gasteiger partial charge in [0.25, 0.3) is 5.91 Å². The molecule has 10 heteroatoms. The average molecular weight is 490 g/mol. The van der Waals surface area contributed by atoms with Crippen molar-refractivity contribution in [2.75, 3.05) is 16.4 Å². The first kappa shape index (κ1) is 21.0. The number of aliphatic imine (C=N–C) groups is 1. The summed E-state index contributed by atoms with van der Waals surface area (Å²) >= 11 is 19.7. The normalized spacial score (nSPS) is 24.1. The molecule has 4 rings (SSSR count). The van der Waals surface area contributed by atoms with Crippen LogP contribution in [0.4, 0.5) is 5.69 Å². The van der Waals surface area contributed by atoms with E-state index in [1.165, 1.54) is 11.8 Å². The van der Waals surface area contributed by atoms with Gasteiger partial charge in [0.1, 0.15) is 0 Å². The Balaban J connectivity index is 1.67. The standard InChI is InChI=1S/C19H15Cl3N2O3S2/c20-12-6-4-11(5-7-12)8-17(25)23-19-24(14-3-1-2-13(21)18(14)22)15-9-29(26,27)10-16(15)28-19/h1-7,15-16H,8-10H2. The molecule has 2 atom stereocenters. The molecule has 29 heavy (non-hydrogen) atoms. The number of sulfone groups is 1. The Labute approximate surface area is 188 Å². The van der Waals surface area contributed by atoms with Crippen LogP contribution in [0.15, 0.2) is 47.5 Å². The van der Waals surface area contributed by atoms with Crippen molar-refractivity contribution >= 4 is 73.2 Å². The van der Waals surface area contributed by atoms with Crippen molar-refractivity contribution in [3.8, 4) is 0 Å². The van der Waals surface area contributed by atoms with Gasteiger partial charge in [-0.1, -0.05) is 64.8 Å². The number of nitrogens with zero attached hydrogens (tertiary/aromatic N) is 2. The lowest BCUT2D eigenvalue weighted by Crippen LogP contribution is -2.38. The highest BCUT2D eigenvalue weighted by Gasteiger charge is 2.49. The average Bonchev–Trinajstić information content (AvgIpc) is 3.10. The number of fused-ring (bicyclic) bond motifs is 1. The molecule has 0 saturated carbocycles. The topological polar surface area (TPSA) is 66.8 Å². The number of halogens is 3. The Morgan fingerprint density at radius 3 is 2.55 bits per heavy atom. The third-order valence-corrected chi connectivity index (χ3v) is 9.02. The van der Waals surface area contributed by atoms with Crippen LogP contribution in [0.25, 0.3) is 0 Å². The van der Waals surface area contributed by atoms with Gasteiger partial charge in [-0.3, -0.25) is 4.79 Å². The number of carbonyl (C=O) groups is 1. The molecule has 152 valence electrons. The quantitative estimate of drug-likeness (QED) is 0.635. The van der Waals surface area contributed by atoms with E-state index >= 15 is 0 Å². The second-order valence-corrected chi connectivity index (χ2v) is 11.4. The number of rotatable bonds is 3. The lowest BCUT2D eigenvalue weighted by molar-refractivity contribution is -0.117. The maximum Gasteiger partial charge on any atom is 0.252 e. The molecule has 2 heterocycles. The molecule has 0 N–H and O–H groups in total. The van der Waals surface area contributed by atoms with E-state index in [0.29, 0.717) is 25.9 Å². The zero-order valence-corrected chi connectivity index (χ0v) is 18.8. The van der Waals surface area contributed by atoms with E-state index < -0.39 is 9.84 Å². The van der Waals surface area contributed by atoms with Gasteiger partial charge in [0.2, 0.25) is 0 Å². The first-order valence-corrected chi connectivity index (χ1v) is 12.5. The molecule has 2 aromatic carbocycles. The van der Waals surface area contributed by atoms with Crippen LogP contribution >= 0.6 is 46.6 Å². The van der Waals surface area contributed by atoms with Crippen LogP contribution in [0, 0.1) is 0 Å². The summed E-state index contributed by atoms with van der Waals surface area (Å²) in [6.07, 6.45) is 0.117. The first-order chi connectivity index (χ1) is 13.7. The minimum absolute atomic E-state index is 0.0160. The van der Waals surface area contributed by atoms with Crippen molar-refractivity contribution in [2.24, 2.45) is 4.99 Å². The van der Waals surface area contributed by atoms with Crippen molar-refractivity contribution in [1.29, 1.82) is 0 Å². The number of hydrogen-bond donors (Lipinski definition) is 0. The largest absolute Gasteiger partial charge is 0.314 e. The molecule has 2 unspecified atom stereocenters. The van der Waals surface area contributed by atoms with Crippen molar-refractivity contribution in [3.05, 3.63) is 63.1 Å². The molecule has 0 radical (unpaired) electrons. The van der Waals surface area contributed by atoms with Crippen LogP contribution in [0.3, 0.4) is 0 Å². The van der Waals surface area contributed by atoms with Crippen LogP contribution in [-0.2, 0) is 21.1 Å². The highest BCUT2D eigenvalue weighted by Crippen LogP contribution is 2.44. The molecule has 0 bridgehead atoms. The van der Waals surface area contributed by atoms with Gasteiger partial charge in [0.05, 0.1) is 39.7 Å². The van der Waals surface area contributed by atoms with Crippen LogP contribution in [-0.4, -0.2) is 42.3 Å². The Morgan fingerprint density at radius 1 is 1.10 bits per heavy atom. The van der Waals surface area contributed by atoms with E-state index in [0.717, 1.165) is 5.56 Å². The number of hydrogen-bond acceptors (Lipinski definition) is 4. The summed E-state index contributed by atoms with van der Waals surface area (Å²) in [5.41, 5.74) is 1.34. The maximum atomic E-state index is 12.6. The lowest BCUT2D eigenvalue weighted by Gasteiger charge is -2.25. The predicted molar refractivity (Wildman–Crippen MR) is 120 cm³/mol. The monoisotopic (exact) mass is 488 g/mol. The molecule has 0 spiro atoms. The van der Waals surface area contributed by atoms with Crippen molar-refractivity contribution in [1.82, 2.24) is 0 Å². The molecule has 2 aromatic rings. The molecule has 0 aromatic heterocycles. The molecule has 0 aliphatic carbocycles. The van der Waals surface area contributed by atoms with Crippen molar-refractivity contribution < 1.29 is 13.2 Å². The maximum absolute atomic E-state index is 12.6. The van der Waals surface area contributed by atoms with Crippen molar-refractivity contribution in [3.63, 3.8) is 0 Å². The molecule has 2 aliphatic heterocycles. The van der Waals surface area contributed by atoms with Crippen LogP contribution in [0.5, 0.6) is 0 Å². The van der Waals surface area contributed by atoms with Crippen LogP contribution < -0.4 is 4.90 Å². The summed E-state index contributed by atoms with van der Waals surface area (Å²) in [5.74, 6) is -0.305. The second kappa shape index (κ2) is 8.12. The number of benzene rings is 2. The molecule has 2 saturated heterocycles. The fraction of sp³-hybridized carbons (Fsp3) is 0.263. The van der Waals surface area contributed by atoms with E-state index in [9.17, 15) is 13.2 Å². The molecule has 1 amide bonds. The Hall–Kier alpha value is -1.25. The number of anilines is 1. The smallest absolute Gasteiger partial charge is 0.252 e. The zero-order chi connectivity index (χ0) is 20.8. The summed E-state index contributed by atoms with van der Waals surface area (Å²) in [7, 11) is -3.16. The highest BCUT2D eigenvalue weighted by atomic mass is 35.5. The number of amides is 1. The summed E-state index contributed by atoms with van der Waals surface area (Å²) in [5, 5.41) is 1.48. The van der Waals surface area contributed by atoms with E-state index in [1.807, 2.05) is 0 Å². The van der Waals surface area contributed by atoms with Gasteiger partial charge < -0.3 is 4.90 Å². The van der Waals surface area contributed by atoms with E-state index in [4.69, 9.17) is 34.8 Å². The SMILES string of the molecule is O=C(Cc1ccc(Cl)cc1)N=C1SC2CS(=O)(=O)CC2N1c1cccc(Cl)c1Cl. The van der Waals surface area contributed by atoms with Gasteiger partial charge in [0, 0.05) is 10.3 Å². The summed E-state index contributed by atoms with van der Waals surface area (Å²) in [6, 6.07) is 11.8. The number of amidine groups is 1. The number of thioether (sulfide) groups is 1. The Morgan fingerprint density at radius 2 is 1.83 bits per heavy atom. The third-order valence-electron chi connectivity index (χ3n) is 4.75. The van der Waals surface area contributed by atoms with Gasteiger partial charge in [-0.15, -0.1) is 0 Å². The number of carbonyl (C=O) groups excluding carboxylic acids is 1. The van der Waals surface area contributed by atoms with Gasteiger partial charge in [-0.2, -0.15) is 4.99 Å². The predicted octanol–water partition coefficient (Wildman–Crippen LogP) is 4.49. The van der Waals surface area contributed by atoms with Gasteiger partial charge in [0.15, 0.2) is 15.0 Å². The van der Waals surface area contributed by atoms with Gasteiger partial charge in [-0.05, 0) is 29.8 Å². The molecular formula is C19H15Cl3N2O3S2. The van der Waals surface area contributed by atoms with E-state index in [2.05, 4.69) is 4.99 Å². The minimum Gasteiger partial charge on any atom is -0.314 e. The third kappa shape index (κ3) is 4.44. The summed E-state index contributed by atoms with van der Waals surface area (Å²) < 4.78 is 24.3.